The molecule has 1 fully saturated rings. The number of hydrogen-bond donors (Lipinski definition) is 1. The van der Waals surface area contributed by atoms with E-state index in [1.165, 1.54) is 12.8 Å². The smallest absolute Gasteiger partial charge is 0.253 e. The van der Waals surface area contributed by atoms with E-state index >= 15 is 0 Å². The molecule has 5 heteroatoms. The molecule has 5 nitrogen and oxygen atoms in total. The molecule has 1 amide bonds. The van der Waals surface area contributed by atoms with Gasteiger partial charge in [0.1, 0.15) is 0 Å². The first kappa shape index (κ1) is 14.9. The van der Waals surface area contributed by atoms with Crippen molar-refractivity contribution in [1.82, 2.24) is 14.8 Å². The van der Waals surface area contributed by atoms with Gasteiger partial charge in [-0.3, -0.25) is 14.7 Å². The highest BCUT2D eigenvalue weighted by atomic mass is 16.2. The summed E-state index contributed by atoms with van der Waals surface area (Å²) in [4.78, 5) is 20.8. The number of likely N-dealkylation sites (N-methyl/N-ethyl adjacent to an activating group) is 2. The average Bonchev–Trinajstić information content (AvgIpc) is 2.93. The van der Waals surface area contributed by atoms with E-state index in [9.17, 15) is 4.79 Å². The van der Waals surface area contributed by atoms with E-state index in [1.54, 1.807) is 18.3 Å². The van der Waals surface area contributed by atoms with Crippen molar-refractivity contribution >= 4 is 5.91 Å². The molecule has 0 aliphatic carbocycles. The lowest BCUT2D eigenvalue weighted by atomic mass is 10.1. The van der Waals surface area contributed by atoms with Crippen LogP contribution in [-0.4, -0.2) is 53.4 Å². The Morgan fingerprint density at radius 1 is 1.60 bits per heavy atom. The number of likely N-dealkylation sites (tertiary alicyclic amines) is 1. The quantitative estimate of drug-likeness (QED) is 0.874. The monoisotopic (exact) mass is 276 g/mol. The summed E-state index contributed by atoms with van der Waals surface area (Å²) >= 11 is 0. The molecule has 0 aromatic carbocycles. The van der Waals surface area contributed by atoms with Gasteiger partial charge in [-0.2, -0.15) is 0 Å². The molecule has 1 aromatic heterocycles. The minimum Gasteiger partial charge on any atom is -0.340 e. The van der Waals surface area contributed by atoms with Crippen LogP contribution in [0.15, 0.2) is 18.3 Å². The zero-order valence-corrected chi connectivity index (χ0v) is 12.4. The van der Waals surface area contributed by atoms with Gasteiger partial charge in [0.05, 0.1) is 5.69 Å². The molecular weight excluding hydrogens is 252 g/mol. The number of carbonyl (C=O) groups is 1. The fourth-order valence-corrected chi connectivity index (χ4v) is 2.86. The first-order valence-corrected chi connectivity index (χ1v) is 7.30. The molecule has 1 aliphatic heterocycles. The third-order valence-electron chi connectivity index (χ3n) is 4.01. The van der Waals surface area contributed by atoms with Crippen molar-refractivity contribution in [3.8, 4) is 0 Å². The lowest BCUT2D eigenvalue weighted by molar-refractivity contribution is 0.0754. The molecule has 2 N–H and O–H groups in total. The fourth-order valence-electron chi connectivity index (χ4n) is 2.86. The third-order valence-corrected chi connectivity index (χ3v) is 4.01. The van der Waals surface area contributed by atoms with Crippen LogP contribution in [0.5, 0.6) is 0 Å². The van der Waals surface area contributed by atoms with Gasteiger partial charge in [0.25, 0.3) is 5.91 Å². The van der Waals surface area contributed by atoms with Crippen molar-refractivity contribution in [2.45, 2.75) is 32.4 Å². The number of aromatic nitrogens is 1. The topological polar surface area (TPSA) is 62.5 Å². The fraction of sp³-hybridized carbons (Fsp3) is 0.600. The van der Waals surface area contributed by atoms with E-state index in [4.69, 9.17) is 5.73 Å². The Hall–Kier alpha value is -1.46. The molecule has 110 valence electrons. The molecule has 1 atom stereocenters. The maximum Gasteiger partial charge on any atom is 0.253 e. The second kappa shape index (κ2) is 6.81. The van der Waals surface area contributed by atoms with Crippen LogP contribution in [0.4, 0.5) is 0 Å². The summed E-state index contributed by atoms with van der Waals surface area (Å²) in [6.45, 7) is 5.52. The van der Waals surface area contributed by atoms with Gasteiger partial charge < -0.3 is 10.6 Å². The number of hydrogen-bond acceptors (Lipinski definition) is 4. The van der Waals surface area contributed by atoms with Crippen LogP contribution in [-0.2, 0) is 6.54 Å². The number of amides is 1. The second-order valence-corrected chi connectivity index (χ2v) is 5.35. The number of nitrogens with two attached hydrogens (primary N) is 1. The van der Waals surface area contributed by atoms with Crippen molar-refractivity contribution in [2.75, 3.05) is 26.7 Å². The Kier molecular flexibility index (Phi) is 5.09. The number of rotatable bonds is 5. The predicted molar refractivity (Wildman–Crippen MR) is 79.4 cm³/mol. The molecule has 2 heterocycles. The Labute approximate surface area is 120 Å². The molecule has 1 aromatic rings. The Balaban J connectivity index is 2.01. The summed E-state index contributed by atoms with van der Waals surface area (Å²) in [7, 11) is 1.87. The maximum atomic E-state index is 12.4. The van der Waals surface area contributed by atoms with E-state index in [-0.39, 0.29) is 5.91 Å². The van der Waals surface area contributed by atoms with Gasteiger partial charge in [-0.05, 0) is 38.1 Å². The molecule has 0 radical (unpaired) electrons. The molecule has 1 aliphatic rings. The van der Waals surface area contributed by atoms with Crippen molar-refractivity contribution in [2.24, 2.45) is 5.73 Å². The molecule has 1 unspecified atom stereocenters. The van der Waals surface area contributed by atoms with Gasteiger partial charge in [0.15, 0.2) is 0 Å². The van der Waals surface area contributed by atoms with E-state index in [0.717, 1.165) is 25.3 Å². The molecule has 1 saturated heterocycles. The van der Waals surface area contributed by atoms with E-state index < -0.39 is 0 Å². The number of pyridine rings is 1. The van der Waals surface area contributed by atoms with Gasteiger partial charge in [0, 0.05) is 37.9 Å². The Bertz CT molecular complexity index is 463. The first-order valence-electron chi connectivity index (χ1n) is 7.30. The van der Waals surface area contributed by atoms with Gasteiger partial charge in [-0.1, -0.05) is 6.92 Å². The molecule has 20 heavy (non-hydrogen) atoms. The first-order chi connectivity index (χ1) is 9.65. The summed E-state index contributed by atoms with van der Waals surface area (Å²) in [5.74, 6) is 0.0463. The highest BCUT2D eigenvalue weighted by Gasteiger charge is 2.25. The maximum absolute atomic E-state index is 12.4. The zero-order valence-electron chi connectivity index (χ0n) is 12.4. The Morgan fingerprint density at radius 2 is 2.40 bits per heavy atom. The lowest BCUT2D eigenvalue weighted by Crippen LogP contribution is -2.41. The SMILES string of the molecule is CCN1CCCC1CN(C)C(=O)c1ccnc(CN)c1. The highest BCUT2D eigenvalue weighted by molar-refractivity contribution is 5.94. The largest absolute Gasteiger partial charge is 0.340 e. The van der Waals surface area contributed by atoms with E-state index in [0.29, 0.717) is 18.2 Å². The van der Waals surface area contributed by atoms with Crippen LogP contribution in [0.3, 0.4) is 0 Å². The van der Waals surface area contributed by atoms with Crippen molar-refractivity contribution in [3.05, 3.63) is 29.6 Å². The van der Waals surface area contributed by atoms with Crippen molar-refractivity contribution in [1.29, 1.82) is 0 Å². The predicted octanol–water partition coefficient (Wildman–Crippen LogP) is 1.10. The summed E-state index contributed by atoms with van der Waals surface area (Å²) in [6, 6.07) is 4.03. The summed E-state index contributed by atoms with van der Waals surface area (Å²) < 4.78 is 0. The van der Waals surface area contributed by atoms with Gasteiger partial charge in [0.2, 0.25) is 0 Å². The van der Waals surface area contributed by atoms with Crippen LogP contribution in [0.25, 0.3) is 0 Å². The van der Waals surface area contributed by atoms with E-state index in [2.05, 4.69) is 16.8 Å². The van der Waals surface area contributed by atoms with E-state index in [1.807, 2.05) is 11.9 Å². The van der Waals surface area contributed by atoms with Crippen LogP contribution >= 0.6 is 0 Å². The number of nitrogens with zero attached hydrogens (tertiary/aromatic N) is 3. The van der Waals surface area contributed by atoms with Crippen molar-refractivity contribution in [3.63, 3.8) is 0 Å². The minimum absolute atomic E-state index is 0.0463. The third kappa shape index (κ3) is 3.35. The van der Waals surface area contributed by atoms with Gasteiger partial charge in [-0.25, -0.2) is 0 Å². The van der Waals surface area contributed by atoms with Gasteiger partial charge >= 0.3 is 0 Å². The van der Waals surface area contributed by atoms with Crippen molar-refractivity contribution < 1.29 is 4.79 Å². The molecule has 0 saturated carbocycles. The minimum atomic E-state index is 0.0463. The molecule has 0 bridgehead atoms. The molecule has 0 spiro atoms. The Morgan fingerprint density at radius 3 is 3.10 bits per heavy atom. The van der Waals surface area contributed by atoms with Crippen LogP contribution in [0.2, 0.25) is 0 Å². The summed E-state index contributed by atoms with van der Waals surface area (Å²) in [6.07, 6.45) is 4.06. The summed E-state index contributed by atoms with van der Waals surface area (Å²) in [5, 5.41) is 0. The average molecular weight is 276 g/mol. The molecule has 2 rings (SSSR count). The zero-order chi connectivity index (χ0) is 14.5. The highest BCUT2D eigenvalue weighted by Crippen LogP contribution is 2.18. The molecular formula is C15H24N4O. The van der Waals surface area contributed by atoms with Crippen LogP contribution < -0.4 is 5.73 Å². The second-order valence-electron chi connectivity index (χ2n) is 5.35. The summed E-state index contributed by atoms with van der Waals surface area (Å²) in [5.41, 5.74) is 6.99. The van der Waals surface area contributed by atoms with Crippen LogP contribution in [0, 0.1) is 0 Å². The normalized spacial score (nSPS) is 19.2. The lowest BCUT2D eigenvalue weighted by Gasteiger charge is -2.27. The van der Waals surface area contributed by atoms with Crippen LogP contribution in [0.1, 0.15) is 35.8 Å². The number of carbonyl (C=O) groups excluding carboxylic acids is 1. The standard InChI is InChI=1S/C15H24N4O/c1-3-19-8-4-5-14(19)11-18(2)15(20)12-6-7-17-13(9-12)10-16/h6-7,9,14H,3-5,8,10-11,16H2,1-2H3. The van der Waals surface area contributed by atoms with Gasteiger partial charge in [-0.15, -0.1) is 0 Å².